The minimum absolute atomic E-state index is 0.402. The van der Waals surface area contributed by atoms with E-state index in [4.69, 9.17) is 10.9 Å². The molecule has 0 spiro atoms. The van der Waals surface area contributed by atoms with E-state index in [9.17, 15) is 9.59 Å². The molecule has 0 radical (unpaired) electrons. The van der Waals surface area contributed by atoms with Gasteiger partial charge in [0.2, 0.25) is 0 Å². The van der Waals surface area contributed by atoms with Crippen LogP contribution in [0.5, 0.6) is 0 Å². The smallest absolute Gasteiger partial charge is 0.267 e. The molecular formula is C22H28N4O3. The number of rotatable bonds is 8. The maximum Gasteiger partial charge on any atom is 0.267 e. The molecule has 1 aliphatic rings. The zero-order chi connectivity index (χ0) is 21.0. The summed E-state index contributed by atoms with van der Waals surface area (Å²) in [7, 11) is 0. The van der Waals surface area contributed by atoms with Crippen molar-refractivity contribution >= 4 is 11.8 Å². The summed E-state index contributed by atoms with van der Waals surface area (Å²) in [6.07, 6.45) is 2.54. The summed E-state index contributed by atoms with van der Waals surface area (Å²) < 4.78 is 0. The minimum Gasteiger partial charge on any atom is -0.338 e. The molecule has 29 heavy (non-hydrogen) atoms. The van der Waals surface area contributed by atoms with E-state index in [2.05, 4.69) is 34.9 Å². The molecule has 7 heteroatoms. The van der Waals surface area contributed by atoms with Crippen LogP contribution in [0.15, 0.2) is 48.5 Å². The van der Waals surface area contributed by atoms with Gasteiger partial charge >= 0.3 is 0 Å². The number of hydroxylamine groups is 1. The van der Waals surface area contributed by atoms with E-state index >= 15 is 0 Å². The Bertz CT molecular complexity index is 853. The number of carbonyl (C=O) groups excluding carboxylic acids is 2. The molecule has 0 aliphatic heterocycles. The van der Waals surface area contributed by atoms with Crippen LogP contribution in [0.25, 0.3) is 11.1 Å². The number of nitrogens with two attached hydrogens (primary N) is 1. The van der Waals surface area contributed by atoms with Crippen LogP contribution in [0.3, 0.4) is 0 Å². The van der Waals surface area contributed by atoms with Crippen molar-refractivity contribution in [3.63, 3.8) is 0 Å². The molecule has 1 saturated carbocycles. The second kappa shape index (κ2) is 8.73. The number of nitrogens with one attached hydrogen (secondary N) is 3. The summed E-state index contributed by atoms with van der Waals surface area (Å²) in [5.74, 6) is -1.20. The standard InChI is InChI=1S/C22H28N4O3/c1-22(2,23)19(21(28)26-29)25-20(27)17-9-7-16(8-10-17)15-5-3-14(4-6-15)13-24-18-11-12-18/h3-10,18-19,24,29H,11-13,23H2,1-2H3,(H,25,27)(H,26,28)/t19-/m1/s1. The first-order valence-electron chi connectivity index (χ1n) is 9.74. The summed E-state index contributed by atoms with van der Waals surface area (Å²) in [4.78, 5) is 24.3. The van der Waals surface area contributed by atoms with E-state index in [1.165, 1.54) is 18.4 Å². The topological polar surface area (TPSA) is 116 Å². The highest BCUT2D eigenvalue weighted by molar-refractivity contribution is 5.98. The lowest BCUT2D eigenvalue weighted by Gasteiger charge is -2.29. The highest BCUT2D eigenvalue weighted by Gasteiger charge is 2.33. The normalized spacial score (nSPS) is 14.9. The van der Waals surface area contributed by atoms with E-state index in [-0.39, 0.29) is 0 Å². The van der Waals surface area contributed by atoms with Crippen LogP contribution in [0.1, 0.15) is 42.6 Å². The summed E-state index contributed by atoms with van der Waals surface area (Å²) in [5.41, 5.74) is 10.1. The van der Waals surface area contributed by atoms with Gasteiger partial charge in [-0.3, -0.25) is 14.8 Å². The molecule has 0 aromatic heterocycles. The molecule has 1 atom stereocenters. The predicted molar refractivity (Wildman–Crippen MR) is 111 cm³/mol. The average molecular weight is 396 g/mol. The molecule has 6 N–H and O–H groups in total. The number of hydrogen-bond acceptors (Lipinski definition) is 5. The lowest BCUT2D eigenvalue weighted by atomic mass is 9.94. The summed E-state index contributed by atoms with van der Waals surface area (Å²) in [6, 6.07) is 15.1. The van der Waals surface area contributed by atoms with Crippen molar-refractivity contribution in [2.45, 2.75) is 50.9 Å². The van der Waals surface area contributed by atoms with Crippen LogP contribution in [0.2, 0.25) is 0 Å². The van der Waals surface area contributed by atoms with Crippen molar-refractivity contribution in [1.82, 2.24) is 16.1 Å². The minimum atomic E-state index is -1.07. The van der Waals surface area contributed by atoms with Gasteiger partial charge in [-0.25, -0.2) is 5.48 Å². The SMILES string of the molecule is CC(C)(N)[C@H](NC(=O)c1ccc(-c2ccc(CNC3CC3)cc2)cc1)C(=O)NO. The fourth-order valence-electron chi connectivity index (χ4n) is 3.05. The summed E-state index contributed by atoms with van der Waals surface area (Å²) in [6.45, 7) is 4.07. The third kappa shape index (κ3) is 5.63. The first kappa shape index (κ1) is 21.0. The summed E-state index contributed by atoms with van der Waals surface area (Å²) >= 11 is 0. The molecule has 0 unspecified atom stereocenters. The van der Waals surface area contributed by atoms with Crippen LogP contribution >= 0.6 is 0 Å². The first-order valence-corrected chi connectivity index (χ1v) is 9.74. The number of benzene rings is 2. The Balaban J connectivity index is 1.65. The molecule has 2 aromatic rings. The average Bonchev–Trinajstić information content (AvgIpc) is 3.54. The van der Waals surface area contributed by atoms with E-state index in [0.717, 1.165) is 17.7 Å². The third-order valence-corrected chi connectivity index (χ3v) is 5.00. The molecule has 0 heterocycles. The van der Waals surface area contributed by atoms with Gasteiger partial charge in [0, 0.05) is 23.7 Å². The molecular weight excluding hydrogens is 368 g/mol. The van der Waals surface area contributed by atoms with E-state index in [1.54, 1.807) is 31.5 Å². The second-order valence-electron chi connectivity index (χ2n) is 8.13. The zero-order valence-electron chi connectivity index (χ0n) is 16.7. The number of hydrogen-bond donors (Lipinski definition) is 5. The predicted octanol–water partition coefficient (Wildman–Crippen LogP) is 1.95. The Morgan fingerprint density at radius 3 is 2.10 bits per heavy atom. The molecule has 1 aliphatic carbocycles. The van der Waals surface area contributed by atoms with Gasteiger partial charge in [0.15, 0.2) is 0 Å². The Hall–Kier alpha value is -2.74. The van der Waals surface area contributed by atoms with Gasteiger partial charge in [-0.05, 0) is 55.5 Å². The van der Waals surface area contributed by atoms with Crippen LogP contribution in [-0.4, -0.2) is 34.6 Å². The fraction of sp³-hybridized carbons (Fsp3) is 0.364. The molecule has 2 aromatic carbocycles. The fourth-order valence-corrected chi connectivity index (χ4v) is 3.05. The molecule has 1 fully saturated rings. The third-order valence-electron chi connectivity index (χ3n) is 5.00. The van der Waals surface area contributed by atoms with Gasteiger partial charge in [-0.2, -0.15) is 0 Å². The lowest BCUT2D eigenvalue weighted by Crippen LogP contribution is -2.61. The van der Waals surface area contributed by atoms with Crippen LogP contribution in [0.4, 0.5) is 0 Å². The van der Waals surface area contributed by atoms with Crippen LogP contribution in [-0.2, 0) is 11.3 Å². The second-order valence-corrected chi connectivity index (χ2v) is 8.13. The van der Waals surface area contributed by atoms with Gasteiger partial charge in [0.25, 0.3) is 11.8 Å². The molecule has 0 bridgehead atoms. The number of amides is 2. The first-order chi connectivity index (χ1) is 13.8. The van der Waals surface area contributed by atoms with Crippen molar-refractivity contribution in [2.24, 2.45) is 5.73 Å². The molecule has 0 saturated heterocycles. The lowest BCUT2D eigenvalue weighted by molar-refractivity contribution is -0.132. The van der Waals surface area contributed by atoms with Crippen LogP contribution in [0, 0.1) is 0 Å². The van der Waals surface area contributed by atoms with Crippen LogP contribution < -0.4 is 21.8 Å². The van der Waals surface area contributed by atoms with Crippen molar-refractivity contribution in [3.05, 3.63) is 59.7 Å². The maximum atomic E-state index is 12.5. The van der Waals surface area contributed by atoms with Crippen molar-refractivity contribution in [2.75, 3.05) is 0 Å². The van der Waals surface area contributed by atoms with E-state index in [0.29, 0.717) is 11.6 Å². The zero-order valence-corrected chi connectivity index (χ0v) is 16.7. The van der Waals surface area contributed by atoms with E-state index in [1.807, 2.05) is 12.1 Å². The Morgan fingerprint density at radius 2 is 1.62 bits per heavy atom. The van der Waals surface area contributed by atoms with Gasteiger partial charge < -0.3 is 16.4 Å². The molecule has 7 nitrogen and oxygen atoms in total. The highest BCUT2D eigenvalue weighted by Crippen LogP contribution is 2.22. The number of carbonyl (C=O) groups is 2. The largest absolute Gasteiger partial charge is 0.338 e. The maximum absolute atomic E-state index is 12.5. The van der Waals surface area contributed by atoms with Crippen molar-refractivity contribution in [3.8, 4) is 11.1 Å². The molecule has 3 rings (SSSR count). The Kier molecular flexibility index (Phi) is 6.32. The quantitative estimate of drug-likeness (QED) is 0.345. The monoisotopic (exact) mass is 396 g/mol. The Labute approximate surface area is 170 Å². The van der Waals surface area contributed by atoms with E-state index < -0.39 is 23.4 Å². The van der Waals surface area contributed by atoms with Gasteiger partial charge in [-0.1, -0.05) is 36.4 Å². The summed E-state index contributed by atoms with van der Waals surface area (Å²) in [5, 5.41) is 15.0. The molecule has 2 amide bonds. The van der Waals surface area contributed by atoms with Crippen molar-refractivity contribution < 1.29 is 14.8 Å². The van der Waals surface area contributed by atoms with Gasteiger partial charge in [0.05, 0.1) is 0 Å². The highest BCUT2D eigenvalue weighted by atomic mass is 16.5. The van der Waals surface area contributed by atoms with Crippen molar-refractivity contribution in [1.29, 1.82) is 0 Å². The van der Waals surface area contributed by atoms with Gasteiger partial charge in [-0.15, -0.1) is 0 Å². The molecule has 154 valence electrons. The van der Waals surface area contributed by atoms with Gasteiger partial charge in [0.1, 0.15) is 6.04 Å². The Morgan fingerprint density at radius 1 is 1.07 bits per heavy atom.